The summed E-state index contributed by atoms with van der Waals surface area (Å²) in [6.45, 7) is 4.49. The predicted octanol–water partition coefficient (Wildman–Crippen LogP) is 10.6. The summed E-state index contributed by atoms with van der Waals surface area (Å²) in [6.07, 6.45) is 17.7. The Bertz CT molecular complexity index is 1330. The highest BCUT2D eigenvalue weighted by Gasteiger charge is 2.10. The summed E-state index contributed by atoms with van der Waals surface area (Å²) in [7, 11) is 0. The number of aryl methyl sites for hydroxylation is 1. The molecule has 0 aliphatic heterocycles. The first-order valence-corrected chi connectivity index (χ1v) is 16.6. The molecule has 0 spiro atoms. The smallest absolute Gasteiger partial charge is 0.343 e. The van der Waals surface area contributed by atoms with Crippen LogP contribution in [0.15, 0.2) is 90.1 Å². The van der Waals surface area contributed by atoms with Crippen LogP contribution in [0.4, 0.5) is 0 Å². The fourth-order valence-electron chi connectivity index (χ4n) is 4.84. The van der Waals surface area contributed by atoms with Crippen molar-refractivity contribution < 1.29 is 9.53 Å². The van der Waals surface area contributed by atoms with Gasteiger partial charge in [0.2, 0.25) is 0 Å². The lowest BCUT2D eigenvalue weighted by molar-refractivity contribution is 0.0735. The molecule has 0 amide bonds. The molecule has 5 heteroatoms. The second kappa shape index (κ2) is 17.5. The Balaban J connectivity index is 1.24. The second-order valence-electron chi connectivity index (χ2n) is 10.9. The van der Waals surface area contributed by atoms with E-state index in [4.69, 9.17) is 4.74 Å². The number of thioether (sulfide) groups is 1. The van der Waals surface area contributed by atoms with Crippen molar-refractivity contribution in [3.63, 3.8) is 0 Å². The third-order valence-electron chi connectivity index (χ3n) is 7.42. The Morgan fingerprint density at radius 3 is 1.83 bits per heavy atom. The van der Waals surface area contributed by atoms with Crippen LogP contribution in [0.5, 0.6) is 5.75 Å². The highest BCUT2D eigenvalue weighted by atomic mass is 32.2. The molecule has 0 aliphatic rings. The third kappa shape index (κ3) is 10.1. The molecule has 0 aliphatic carbocycles. The van der Waals surface area contributed by atoms with Crippen molar-refractivity contribution in [2.45, 2.75) is 89.4 Å². The Morgan fingerprint density at radius 1 is 0.643 bits per heavy atom. The number of unbranched alkanes of at least 4 members (excludes halogenated alkanes) is 8. The van der Waals surface area contributed by atoms with Crippen LogP contribution in [-0.4, -0.2) is 21.7 Å². The van der Waals surface area contributed by atoms with Crippen molar-refractivity contribution in [2.24, 2.45) is 0 Å². The molecule has 4 nitrogen and oxygen atoms in total. The molecule has 3 aromatic carbocycles. The molecule has 1 aromatic heterocycles. The molecule has 4 rings (SSSR count). The zero-order valence-electron chi connectivity index (χ0n) is 25.2. The maximum atomic E-state index is 12.8. The van der Waals surface area contributed by atoms with Crippen LogP contribution in [0.25, 0.3) is 22.5 Å². The van der Waals surface area contributed by atoms with Crippen molar-refractivity contribution >= 4 is 17.7 Å². The van der Waals surface area contributed by atoms with Gasteiger partial charge in [0.25, 0.3) is 0 Å². The summed E-state index contributed by atoms with van der Waals surface area (Å²) in [6, 6.07) is 23.6. The Kier molecular flexibility index (Phi) is 13.1. The minimum Gasteiger partial charge on any atom is -0.423 e. The van der Waals surface area contributed by atoms with Crippen LogP contribution in [0.2, 0.25) is 0 Å². The molecular formula is C37H44N2O2S. The fourth-order valence-corrected chi connectivity index (χ4v) is 5.75. The highest BCUT2D eigenvalue weighted by Crippen LogP contribution is 2.26. The molecular weight excluding hydrogens is 536 g/mol. The summed E-state index contributed by atoms with van der Waals surface area (Å²) in [4.78, 5) is 23.2. The lowest BCUT2D eigenvalue weighted by Crippen LogP contribution is -2.08. The second-order valence-corrected chi connectivity index (χ2v) is 12.0. The standard InChI is InChI=1S/C37H44N2O2S/c1-3-5-7-9-10-11-13-29-27-38-36(39-28-29)32-18-22-34(23-19-32)41-37(40)33-16-14-30(15-17-33)31-20-24-35(25-21-31)42-26-12-8-6-4-2/h14-25,27-28H,3-13,26H2,1-2H3. The quantitative estimate of drug-likeness (QED) is 0.0538. The third-order valence-corrected chi connectivity index (χ3v) is 8.52. The van der Waals surface area contributed by atoms with Gasteiger partial charge in [0.15, 0.2) is 5.82 Å². The topological polar surface area (TPSA) is 52.1 Å². The van der Waals surface area contributed by atoms with Crippen LogP contribution in [-0.2, 0) is 6.42 Å². The van der Waals surface area contributed by atoms with Crippen molar-refractivity contribution in [3.8, 4) is 28.3 Å². The lowest BCUT2D eigenvalue weighted by atomic mass is 10.0. The normalized spacial score (nSPS) is 11.0. The largest absolute Gasteiger partial charge is 0.423 e. The number of nitrogens with zero attached hydrogens (tertiary/aromatic N) is 2. The lowest BCUT2D eigenvalue weighted by Gasteiger charge is -2.08. The van der Waals surface area contributed by atoms with Crippen LogP contribution in [0.1, 0.15) is 94.0 Å². The highest BCUT2D eigenvalue weighted by molar-refractivity contribution is 7.99. The molecule has 0 bridgehead atoms. The Hall–Kier alpha value is -3.44. The molecule has 0 N–H and O–H groups in total. The molecule has 220 valence electrons. The maximum absolute atomic E-state index is 12.8. The Labute approximate surface area is 256 Å². The zero-order valence-corrected chi connectivity index (χ0v) is 26.0. The van der Waals surface area contributed by atoms with Gasteiger partial charge in [-0.05, 0) is 90.2 Å². The van der Waals surface area contributed by atoms with E-state index < -0.39 is 0 Å². The van der Waals surface area contributed by atoms with Gasteiger partial charge in [-0.15, -0.1) is 11.8 Å². The van der Waals surface area contributed by atoms with Gasteiger partial charge >= 0.3 is 5.97 Å². The van der Waals surface area contributed by atoms with Gasteiger partial charge in [0.1, 0.15) is 5.75 Å². The summed E-state index contributed by atoms with van der Waals surface area (Å²) >= 11 is 1.92. The minimum atomic E-state index is -0.376. The average molecular weight is 581 g/mol. The minimum absolute atomic E-state index is 0.376. The number of carbonyl (C=O) groups is 1. The van der Waals surface area contributed by atoms with Gasteiger partial charge in [-0.1, -0.05) is 89.5 Å². The zero-order chi connectivity index (χ0) is 29.4. The number of ether oxygens (including phenoxy) is 1. The van der Waals surface area contributed by atoms with E-state index in [1.165, 1.54) is 80.4 Å². The average Bonchev–Trinajstić information content (AvgIpc) is 3.04. The van der Waals surface area contributed by atoms with Gasteiger partial charge in [-0.2, -0.15) is 0 Å². The number of rotatable bonds is 17. The summed E-state index contributed by atoms with van der Waals surface area (Å²) in [5.41, 5.74) is 4.81. The molecule has 0 fully saturated rings. The van der Waals surface area contributed by atoms with Crippen molar-refractivity contribution in [1.82, 2.24) is 9.97 Å². The first-order chi connectivity index (χ1) is 20.7. The molecule has 42 heavy (non-hydrogen) atoms. The van der Waals surface area contributed by atoms with E-state index in [0.717, 1.165) is 23.1 Å². The van der Waals surface area contributed by atoms with Crippen molar-refractivity contribution in [3.05, 3.63) is 96.3 Å². The Morgan fingerprint density at radius 2 is 1.19 bits per heavy atom. The fraction of sp³-hybridized carbons (Fsp3) is 0.378. The number of hydrogen-bond acceptors (Lipinski definition) is 5. The van der Waals surface area contributed by atoms with E-state index in [2.05, 4.69) is 48.1 Å². The summed E-state index contributed by atoms with van der Waals surface area (Å²) < 4.78 is 5.63. The van der Waals surface area contributed by atoms with Crippen molar-refractivity contribution in [1.29, 1.82) is 0 Å². The first-order valence-electron chi connectivity index (χ1n) is 15.6. The number of aromatic nitrogens is 2. The summed E-state index contributed by atoms with van der Waals surface area (Å²) in [5, 5.41) is 0. The molecule has 1 heterocycles. The van der Waals surface area contributed by atoms with E-state index in [9.17, 15) is 4.79 Å². The van der Waals surface area contributed by atoms with E-state index in [0.29, 0.717) is 17.1 Å². The van der Waals surface area contributed by atoms with Gasteiger partial charge in [0, 0.05) is 22.9 Å². The molecule has 0 atom stereocenters. The van der Waals surface area contributed by atoms with Gasteiger partial charge in [0.05, 0.1) is 5.56 Å². The van der Waals surface area contributed by atoms with Crippen LogP contribution in [0.3, 0.4) is 0 Å². The molecule has 0 unspecified atom stereocenters. The van der Waals surface area contributed by atoms with Crippen LogP contribution in [0, 0.1) is 0 Å². The van der Waals surface area contributed by atoms with E-state index >= 15 is 0 Å². The molecule has 4 aromatic rings. The molecule has 0 radical (unpaired) electrons. The number of benzene rings is 3. The predicted molar refractivity (Wildman–Crippen MR) is 176 cm³/mol. The van der Waals surface area contributed by atoms with Crippen LogP contribution >= 0.6 is 11.8 Å². The van der Waals surface area contributed by atoms with Crippen molar-refractivity contribution in [2.75, 3.05) is 5.75 Å². The SMILES string of the molecule is CCCCCCCCc1cnc(-c2ccc(OC(=O)c3ccc(-c4ccc(SCCCCCC)cc4)cc3)cc2)nc1. The van der Waals surface area contributed by atoms with Gasteiger partial charge in [-0.25, -0.2) is 14.8 Å². The number of esters is 1. The molecule has 0 saturated carbocycles. The monoisotopic (exact) mass is 580 g/mol. The number of carbonyl (C=O) groups excluding carboxylic acids is 1. The van der Waals surface area contributed by atoms with Gasteiger partial charge < -0.3 is 4.74 Å². The maximum Gasteiger partial charge on any atom is 0.343 e. The molecule has 0 saturated heterocycles. The number of hydrogen-bond donors (Lipinski definition) is 0. The van der Waals surface area contributed by atoms with Crippen LogP contribution < -0.4 is 4.74 Å². The van der Waals surface area contributed by atoms with E-state index in [1.807, 2.05) is 60.6 Å². The first kappa shape index (κ1) is 31.5. The summed E-state index contributed by atoms with van der Waals surface area (Å²) in [5.74, 6) is 1.96. The van der Waals surface area contributed by atoms with E-state index in [1.54, 1.807) is 12.1 Å². The van der Waals surface area contributed by atoms with E-state index in [-0.39, 0.29) is 5.97 Å². The van der Waals surface area contributed by atoms with Gasteiger partial charge in [-0.3, -0.25) is 0 Å².